The molecule has 20 heavy (non-hydrogen) atoms. The van der Waals surface area contributed by atoms with Crippen molar-refractivity contribution in [3.63, 3.8) is 0 Å². The minimum absolute atomic E-state index is 0.156. The molecule has 2 unspecified atom stereocenters. The topological polar surface area (TPSA) is 58.0 Å². The summed E-state index contributed by atoms with van der Waals surface area (Å²) in [6, 6.07) is 9.65. The third kappa shape index (κ3) is 4.57. The summed E-state index contributed by atoms with van der Waals surface area (Å²) in [5.41, 5.74) is 1.75. The fourth-order valence-corrected chi connectivity index (χ4v) is 1.77. The summed E-state index contributed by atoms with van der Waals surface area (Å²) in [4.78, 5) is 8.22. The Morgan fingerprint density at radius 2 is 2.15 bits per heavy atom. The largest absolute Gasteiger partial charge is 0.387 e. The number of aliphatic hydroxyl groups is 1. The zero-order valence-corrected chi connectivity index (χ0v) is 11.5. The third-order valence-corrected chi connectivity index (χ3v) is 2.95. The molecule has 0 saturated carbocycles. The summed E-state index contributed by atoms with van der Waals surface area (Å²) in [7, 11) is 0. The Kier molecular flexibility index (Phi) is 5.41. The van der Waals surface area contributed by atoms with E-state index in [9.17, 15) is 5.11 Å². The first-order valence-corrected chi connectivity index (χ1v) is 6.66. The summed E-state index contributed by atoms with van der Waals surface area (Å²) >= 11 is 0. The molecule has 0 aliphatic rings. The van der Waals surface area contributed by atoms with Crippen LogP contribution in [0.2, 0.25) is 0 Å². The van der Waals surface area contributed by atoms with Crippen LogP contribution in [0, 0.1) is 0 Å². The van der Waals surface area contributed by atoms with Gasteiger partial charge in [-0.15, -0.1) is 0 Å². The zero-order chi connectivity index (χ0) is 14.2. The SMILES string of the molecule is CC(/C=C/c1ccccn1)NCC(O)c1cccnc1. The van der Waals surface area contributed by atoms with Gasteiger partial charge in [-0.1, -0.05) is 18.2 Å². The van der Waals surface area contributed by atoms with Crippen molar-refractivity contribution in [1.29, 1.82) is 0 Å². The van der Waals surface area contributed by atoms with Crippen LogP contribution in [0.15, 0.2) is 55.0 Å². The first-order chi connectivity index (χ1) is 9.75. The molecule has 0 bridgehead atoms. The van der Waals surface area contributed by atoms with Crippen molar-refractivity contribution in [3.8, 4) is 0 Å². The summed E-state index contributed by atoms with van der Waals surface area (Å²) in [6.45, 7) is 2.52. The van der Waals surface area contributed by atoms with Gasteiger partial charge in [0.1, 0.15) is 0 Å². The molecule has 2 atom stereocenters. The van der Waals surface area contributed by atoms with E-state index < -0.39 is 6.10 Å². The quantitative estimate of drug-likeness (QED) is 0.844. The molecule has 0 radical (unpaired) electrons. The number of hydrogen-bond acceptors (Lipinski definition) is 4. The van der Waals surface area contributed by atoms with E-state index in [-0.39, 0.29) is 6.04 Å². The third-order valence-electron chi connectivity index (χ3n) is 2.95. The van der Waals surface area contributed by atoms with Gasteiger partial charge in [0.2, 0.25) is 0 Å². The number of aromatic nitrogens is 2. The van der Waals surface area contributed by atoms with Crippen molar-refractivity contribution in [2.45, 2.75) is 19.1 Å². The van der Waals surface area contributed by atoms with E-state index in [0.29, 0.717) is 6.54 Å². The summed E-state index contributed by atoms with van der Waals surface area (Å²) in [5, 5.41) is 13.3. The second-order valence-electron chi connectivity index (χ2n) is 4.61. The summed E-state index contributed by atoms with van der Waals surface area (Å²) < 4.78 is 0. The van der Waals surface area contributed by atoms with E-state index >= 15 is 0 Å². The lowest BCUT2D eigenvalue weighted by molar-refractivity contribution is 0.172. The molecule has 0 aromatic carbocycles. The Balaban J connectivity index is 1.81. The van der Waals surface area contributed by atoms with Gasteiger partial charge in [0.25, 0.3) is 0 Å². The van der Waals surface area contributed by atoms with Crippen molar-refractivity contribution in [3.05, 3.63) is 66.3 Å². The van der Waals surface area contributed by atoms with Crippen LogP contribution in [0.1, 0.15) is 24.3 Å². The van der Waals surface area contributed by atoms with Gasteiger partial charge in [0.05, 0.1) is 11.8 Å². The number of rotatable bonds is 6. The van der Waals surface area contributed by atoms with E-state index in [1.165, 1.54) is 0 Å². The number of nitrogens with zero attached hydrogens (tertiary/aromatic N) is 2. The smallest absolute Gasteiger partial charge is 0.0929 e. The first kappa shape index (κ1) is 14.4. The highest BCUT2D eigenvalue weighted by atomic mass is 16.3. The Morgan fingerprint density at radius 3 is 2.85 bits per heavy atom. The van der Waals surface area contributed by atoms with Crippen LogP contribution in [0.3, 0.4) is 0 Å². The Hall–Kier alpha value is -2.04. The second-order valence-corrected chi connectivity index (χ2v) is 4.61. The van der Waals surface area contributed by atoms with E-state index in [2.05, 4.69) is 15.3 Å². The monoisotopic (exact) mass is 269 g/mol. The van der Waals surface area contributed by atoms with Crippen molar-refractivity contribution in [2.24, 2.45) is 0 Å². The molecule has 2 heterocycles. The zero-order valence-electron chi connectivity index (χ0n) is 11.5. The normalized spacial score (nSPS) is 14.3. The molecule has 2 N–H and O–H groups in total. The molecule has 0 fully saturated rings. The van der Waals surface area contributed by atoms with Gasteiger partial charge in [-0.25, -0.2) is 0 Å². The molecule has 0 aliphatic carbocycles. The molecular weight excluding hydrogens is 250 g/mol. The minimum atomic E-state index is -0.547. The van der Waals surface area contributed by atoms with Gasteiger partial charge in [-0.2, -0.15) is 0 Å². The van der Waals surface area contributed by atoms with Crippen molar-refractivity contribution in [1.82, 2.24) is 15.3 Å². The maximum Gasteiger partial charge on any atom is 0.0929 e. The Bertz CT molecular complexity index is 528. The standard InChI is InChI=1S/C16H19N3O/c1-13(7-8-15-6-2-3-10-18-15)19-12-16(20)14-5-4-9-17-11-14/h2-11,13,16,19-20H,12H2,1H3/b8-7+. The van der Waals surface area contributed by atoms with Crippen molar-refractivity contribution >= 4 is 6.08 Å². The average Bonchev–Trinajstić information content (AvgIpc) is 2.52. The lowest BCUT2D eigenvalue weighted by Crippen LogP contribution is -2.28. The fraction of sp³-hybridized carbons (Fsp3) is 0.250. The van der Waals surface area contributed by atoms with Crippen LogP contribution in [-0.4, -0.2) is 27.7 Å². The maximum atomic E-state index is 10.0. The number of nitrogens with one attached hydrogen (secondary N) is 1. The number of hydrogen-bond donors (Lipinski definition) is 2. The lowest BCUT2D eigenvalue weighted by Gasteiger charge is -2.14. The van der Waals surface area contributed by atoms with E-state index in [4.69, 9.17) is 0 Å². The minimum Gasteiger partial charge on any atom is -0.387 e. The second kappa shape index (κ2) is 7.53. The predicted octanol–water partition coefficient (Wildman–Crippen LogP) is 2.20. The molecule has 0 amide bonds. The molecule has 0 spiro atoms. The van der Waals surface area contributed by atoms with Crippen LogP contribution < -0.4 is 5.32 Å². The predicted molar refractivity (Wildman–Crippen MR) is 79.9 cm³/mol. The van der Waals surface area contributed by atoms with Crippen LogP contribution >= 0.6 is 0 Å². The Morgan fingerprint density at radius 1 is 1.25 bits per heavy atom. The first-order valence-electron chi connectivity index (χ1n) is 6.66. The van der Waals surface area contributed by atoms with Crippen molar-refractivity contribution in [2.75, 3.05) is 6.54 Å². The van der Waals surface area contributed by atoms with E-state index in [0.717, 1.165) is 11.3 Å². The molecule has 0 aliphatic heterocycles. The van der Waals surface area contributed by atoms with Gasteiger partial charge in [0.15, 0.2) is 0 Å². The van der Waals surface area contributed by atoms with E-state index in [1.807, 2.05) is 49.4 Å². The maximum absolute atomic E-state index is 10.0. The molecule has 0 saturated heterocycles. The summed E-state index contributed by atoms with van der Waals surface area (Å²) in [6.07, 6.45) is 8.59. The molecule has 2 aromatic rings. The summed E-state index contributed by atoms with van der Waals surface area (Å²) in [5.74, 6) is 0. The fourth-order valence-electron chi connectivity index (χ4n) is 1.77. The highest BCUT2D eigenvalue weighted by molar-refractivity contribution is 5.44. The van der Waals surface area contributed by atoms with Crippen LogP contribution in [0.25, 0.3) is 6.08 Å². The van der Waals surface area contributed by atoms with Gasteiger partial charge >= 0.3 is 0 Å². The number of aliphatic hydroxyl groups excluding tert-OH is 1. The highest BCUT2D eigenvalue weighted by Crippen LogP contribution is 2.09. The van der Waals surface area contributed by atoms with Gasteiger partial charge in [-0.3, -0.25) is 9.97 Å². The molecule has 4 heteroatoms. The van der Waals surface area contributed by atoms with E-state index in [1.54, 1.807) is 18.6 Å². The molecule has 104 valence electrons. The molecule has 2 aromatic heterocycles. The molecule has 2 rings (SSSR count). The van der Waals surface area contributed by atoms with Gasteiger partial charge in [-0.05, 0) is 31.2 Å². The van der Waals surface area contributed by atoms with Gasteiger partial charge < -0.3 is 10.4 Å². The molecular formula is C16H19N3O. The Labute approximate surface area is 119 Å². The van der Waals surface area contributed by atoms with Crippen LogP contribution in [-0.2, 0) is 0 Å². The lowest BCUT2D eigenvalue weighted by atomic mass is 10.1. The average molecular weight is 269 g/mol. The number of pyridine rings is 2. The highest BCUT2D eigenvalue weighted by Gasteiger charge is 2.07. The van der Waals surface area contributed by atoms with Crippen molar-refractivity contribution < 1.29 is 5.11 Å². The molecule has 4 nitrogen and oxygen atoms in total. The van der Waals surface area contributed by atoms with Crippen LogP contribution in [0.5, 0.6) is 0 Å². The van der Waals surface area contributed by atoms with Crippen LogP contribution in [0.4, 0.5) is 0 Å². The van der Waals surface area contributed by atoms with Gasteiger partial charge in [0, 0.05) is 36.7 Å².